The van der Waals surface area contributed by atoms with Gasteiger partial charge in [-0.05, 0) is 42.3 Å². The molecule has 2 aromatic carbocycles. The van der Waals surface area contributed by atoms with Crippen molar-refractivity contribution >= 4 is 33.4 Å². The predicted molar refractivity (Wildman–Crippen MR) is 89.0 cm³/mol. The van der Waals surface area contributed by atoms with Crippen molar-refractivity contribution < 1.29 is 0 Å². The highest BCUT2D eigenvalue weighted by molar-refractivity contribution is 6.31. The van der Waals surface area contributed by atoms with E-state index in [1.807, 2.05) is 12.1 Å². The molecule has 0 radical (unpaired) electrons. The molecule has 104 valence electrons. The van der Waals surface area contributed by atoms with Gasteiger partial charge in [-0.15, -0.1) is 0 Å². The van der Waals surface area contributed by atoms with Crippen LogP contribution in [0.25, 0.3) is 21.8 Å². The highest BCUT2D eigenvalue weighted by atomic mass is 35.5. The van der Waals surface area contributed by atoms with Gasteiger partial charge in [-0.25, -0.2) is 0 Å². The van der Waals surface area contributed by atoms with Crippen molar-refractivity contribution in [2.45, 2.75) is 13.0 Å². The van der Waals surface area contributed by atoms with E-state index in [1.165, 1.54) is 27.4 Å². The molecule has 2 nitrogen and oxygen atoms in total. The molecule has 0 saturated carbocycles. The minimum Gasteiger partial charge on any atom is -0.361 e. The molecule has 0 fully saturated rings. The van der Waals surface area contributed by atoms with Crippen molar-refractivity contribution in [3.8, 4) is 0 Å². The fourth-order valence-corrected chi connectivity index (χ4v) is 3.13. The minimum atomic E-state index is 0.789. The number of hydrogen-bond acceptors (Lipinski definition) is 0. The van der Waals surface area contributed by atoms with E-state index in [1.54, 1.807) is 0 Å². The molecule has 0 bridgehead atoms. The van der Waals surface area contributed by atoms with Crippen LogP contribution in [0, 0.1) is 0 Å². The van der Waals surface area contributed by atoms with Crippen LogP contribution in [0.4, 0.5) is 0 Å². The van der Waals surface area contributed by atoms with E-state index in [2.05, 4.69) is 58.3 Å². The minimum absolute atomic E-state index is 0.789. The molecule has 4 aromatic rings. The molecular formula is C18H15ClN2. The zero-order valence-electron chi connectivity index (χ0n) is 11.5. The monoisotopic (exact) mass is 294 g/mol. The Labute approximate surface area is 128 Å². The van der Waals surface area contributed by atoms with E-state index in [-0.39, 0.29) is 0 Å². The molecule has 21 heavy (non-hydrogen) atoms. The predicted octanol–water partition coefficient (Wildman–Crippen LogP) is 5.02. The molecule has 0 atom stereocenters. The first kappa shape index (κ1) is 12.5. The molecule has 0 aliphatic rings. The van der Waals surface area contributed by atoms with Gasteiger partial charge in [-0.1, -0.05) is 29.8 Å². The second-order valence-electron chi connectivity index (χ2n) is 5.32. The summed E-state index contributed by atoms with van der Waals surface area (Å²) in [6, 6.07) is 16.6. The van der Waals surface area contributed by atoms with Crippen molar-refractivity contribution in [2.75, 3.05) is 0 Å². The number of aryl methyl sites for hydroxylation is 2. The van der Waals surface area contributed by atoms with Gasteiger partial charge in [0, 0.05) is 45.8 Å². The van der Waals surface area contributed by atoms with Crippen LogP contribution in [0.3, 0.4) is 0 Å². The first-order valence-electron chi connectivity index (χ1n) is 7.11. The molecule has 0 saturated heterocycles. The van der Waals surface area contributed by atoms with Crippen LogP contribution in [-0.2, 0) is 13.0 Å². The summed E-state index contributed by atoms with van der Waals surface area (Å²) in [4.78, 5) is 3.34. The average molecular weight is 295 g/mol. The second kappa shape index (κ2) is 4.97. The molecule has 2 heterocycles. The topological polar surface area (TPSA) is 20.7 Å². The number of aromatic nitrogens is 2. The number of rotatable bonds is 3. The molecule has 0 amide bonds. The lowest BCUT2D eigenvalue weighted by atomic mass is 10.1. The van der Waals surface area contributed by atoms with Gasteiger partial charge in [-0.3, -0.25) is 0 Å². The lowest BCUT2D eigenvalue weighted by molar-refractivity contribution is 0.726. The van der Waals surface area contributed by atoms with Crippen LogP contribution in [0.15, 0.2) is 60.9 Å². The van der Waals surface area contributed by atoms with E-state index >= 15 is 0 Å². The fraction of sp³-hybridized carbons (Fsp3) is 0.111. The molecule has 0 aliphatic heterocycles. The number of nitrogens with one attached hydrogen (secondary N) is 1. The highest BCUT2D eigenvalue weighted by Crippen LogP contribution is 2.22. The Kier molecular flexibility index (Phi) is 2.97. The third-order valence-corrected chi connectivity index (χ3v) is 4.27. The van der Waals surface area contributed by atoms with Gasteiger partial charge in [0.15, 0.2) is 0 Å². The van der Waals surface area contributed by atoms with E-state index in [0.29, 0.717) is 0 Å². The van der Waals surface area contributed by atoms with Gasteiger partial charge in [0.2, 0.25) is 0 Å². The molecule has 3 heteroatoms. The van der Waals surface area contributed by atoms with E-state index in [9.17, 15) is 0 Å². The lowest BCUT2D eigenvalue weighted by Gasteiger charge is -2.05. The van der Waals surface area contributed by atoms with Gasteiger partial charge in [-0.2, -0.15) is 0 Å². The van der Waals surface area contributed by atoms with Crippen molar-refractivity contribution in [3.05, 3.63) is 71.5 Å². The van der Waals surface area contributed by atoms with E-state index in [0.717, 1.165) is 18.0 Å². The molecule has 2 aromatic heterocycles. The number of fused-ring (bicyclic) bond motifs is 2. The number of benzene rings is 2. The summed E-state index contributed by atoms with van der Waals surface area (Å²) >= 11 is 6.04. The molecule has 0 spiro atoms. The molecule has 0 aliphatic carbocycles. The van der Waals surface area contributed by atoms with Crippen LogP contribution >= 0.6 is 11.6 Å². The van der Waals surface area contributed by atoms with Crippen molar-refractivity contribution in [3.63, 3.8) is 0 Å². The summed E-state index contributed by atoms with van der Waals surface area (Å²) in [6.07, 6.45) is 5.26. The number of para-hydroxylation sites is 1. The van der Waals surface area contributed by atoms with Crippen molar-refractivity contribution in [1.29, 1.82) is 0 Å². The number of hydrogen-bond donors (Lipinski definition) is 1. The molecule has 0 unspecified atom stereocenters. The lowest BCUT2D eigenvalue weighted by Crippen LogP contribution is -1.99. The Morgan fingerprint density at radius 3 is 2.90 bits per heavy atom. The number of aromatic amines is 1. The average Bonchev–Trinajstić information content (AvgIpc) is 3.08. The number of halogens is 1. The highest BCUT2D eigenvalue weighted by Gasteiger charge is 2.05. The number of nitrogens with zero attached hydrogens (tertiary/aromatic N) is 1. The first-order chi connectivity index (χ1) is 10.3. The fourth-order valence-electron chi connectivity index (χ4n) is 2.95. The standard InChI is InChI=1S/C18H15ClN2/c19-15-5-6-18-13(11-15)7-9-21(18)10-8-14-12-20-17-4-2-1-3-16(14)17/h1-7,9,11-12,20H,8,10H2. The Hall–Kier alpha value is -2.19. The Balaban J connectivity index is 1.63. The van der Waals surface area contributed by atoms with Gasteiger partial charge in [0.05, 0.1) is 0 Å². The first-order valence-corrected chi connectivity index (χ1v) is 7.48. The van der Waals surface area contributed by atoms with Crippen LogP contribution in [-0.4, -0.2) is 9.55 Å². The summed E-state index contributed by atoms with van der Waals surface area (Å²) in [7, 11) is 0. The largest absolute Gasteiger partial charge is 0.361 e. The summed E-state index contributed by atoms with van der Waals surface area (Å²) in [5.74, 6) is 0. The van der Waals surface area contributed by atoms with Crippen molar-refractivity contribution in [2.24, 2.45) is 0 Å². The third kappa shape index (κ3) is 2.22. The summed E-state index contributed by atoms with van der Waals surface area (Å²) in [6.45, 7) is 0.965. The zero-order chi connectivity index (χ0) is 14.2. The van der Waals surface area contributed by atoms with Crippen LogP contribution < -0.4 is 0 Å². The van der Waals surface area contributed by atoms with Gasteiger partial charge < -0.3 is 9.55 Å². The molecular weight excluding hydrogens is 280 g/mol. The Morgan fingerprint density at radius 1 is 1.05 bits per heavy atom. The normalized spacial score (nSPS) is 11.5. The summed E-state index contributed by atoms with van der Waals surface area (Å²) in [5, 5.41) is 3.30. The molecule has 4 rings (SSSR count). The van der Waals surface area contributed by atoms with Gasteiger partial charge in [0.25, 0.3) is 0 Å². The van der Waals surface area contributed by atoms with E-state index in [4.69, 9.17) is 11.6 Å². The van der Waals surface area contributed by atoms with Crippen LogP contribution in [0.5, 0.6) is 0 Å². The van der Waals surface area contributed by atoms with Gasteiger partial charge >= 0.3 is 0 Å². The van der Waals surface area contributed by atoms with Crippen LogP contribution in [0.1, 0.15) is 5.56 Å². The number of H-pyrrole nitrogens is 1. The Bertz CT molecular complexity index is 917. The SMILES string of the molecule is Clc1ccc2c(ccn2CCc2c[nH]c3ccccc23)c1. The zero-order valence-corrected chi connectivity index (χ0v) is 12.3. The van der Waals surface area contributed by atoms with Gasteiger partial charge in [0.1, 0.15) is 0 Å². The summed E-state index contributed by atoms with van der Waals surface area (Å²) in [5.41, 5.74) is 3.80. The maximum Gasteiger partial charge on any atom is 0.0481 e. The maximum atomic E-state index is 6.04. The smallest absolute Gasteiger partial charge is 0.0481 e. The van der Waals surface area contributed by atoms with Crippen molar-refractivity contribution in [1.82, 2.24) is 9.55 Å². The quantitative estimate of drug-likeness (QED) is 0.548. The maximum absolute atomic E-state index is 6.04. The van der Waals surface area contributed by atoms with Crippen LogP contribution in [0.2, 0.25) is 5.02 Å². The summed E-state index contributed by atoms with van der Waals surface area (Å²) < 4.78 is 2.29. The third-order valence-electron chi connectivity index (χ3n) is 4.03. The second-order valence-corrected chi connectivity index (χ2v) is 5.76. The molecule has 1 N–H and O–H groups in total. The Morgan fingerprint density at radius 2 is 1.95 bits per heavy atom. The van der Waals surface area contributed by atoms with E-state index < -0.39 is 0 Å².